The first-order valence-electron chi connectivity index (χ1n) is 7.56. The average Bonchev–Trinajstić information content (AvgIpc) is 2.63. The number of carbonyl (C=O) groups is 1. The third-order valence-corrected chi connectivity index (χ3v) is 3.98. The highest BCUT2D eigenvalue weighted by Crippen LogP contribution is 2.29. The van der Waals surface area contributed by atoms with Crippen LogP contribution in [-0.2, 0) is 16.6 Å². The maximum atomic E-state index is 12.7. The molecule has 0 bridgehead atoms. The molecular weight excluding hydrogens is 302 g/mol. The Kier molecular flexibility index (Phi) is 4.29. The maximum Gasteiger partial charge on any atom is 0.330 e. The van der Waals surface area contributed by atoms with E-state index in [0.29, 0.717) is 5.39 Å². The van der Waals surface area contributed by atoms with E-state index in [4.69, 9.17) is 0 Å². The van der Waals surface area contributed by atoms with Crippen molar-refractivity contribution in [3.8, 4) is 11.3 Å². The van der Waals surface area contributed by atoms with Crippen molar-refractivity contribution in [3.63, 3.8) is 0 Å². The lowest BCUT2D eigenvalue weighted by atomic mass is 9.98. The van der Waals surface area contributed by atoms with Gasteiger partial charge in [0.2, 0.25) is 0 Å². The first-order chi connectivity index (χ1) is 11.6. The third-order valence-electron chi connectivity index (χ3n) is 3.98. The molecule has 0 unspecified atom stereocenters. The van der Waals surface area contributed by atoms with Gasteiger partial charge in [0.05, 0.1) is 12.8 Å². The van der Waals surface area contributed by atoms with Crippen LogP contribution in [0.1, 0.15) is 5.56 Å². The van der Waals surface area contributed by atoms with Crippen LogP contribution in [-0.4, -0.2) is 17.6 Å². The van der Waals surface area contributed by atoms with E-state index < -0.39 is 5.97 Å². The first kappa shape index (κ1) is 15.7. The largest absolute Gasteiger partial charge is 0.466 e. The van der Waals surface area contributed by atoms with Crippen LogP contribution in [0.5, 0.6) is 0 Å². The zero-order valence-electron chi connectivity index (χ0n) is 13.5. The van der Waals surface area contributed by atoms with Crippen LogP contribution in [0.4, 0.5) is 0 Å². The number of carbonyl (C=O) groups excluding carboxylic acids is 1. The standard InChI is InChI=1S/C20H17NO3/c1-21-19(14-8-4-3-5-9-14)16(12-13-18(22)24-2)15-10-6-7-11-17(15)20(21)23/h3-13H,1-2H3/b13-12+. The Labute approximate surface area is 139 Å². The number of hydrogen-bond acceptors (Lipinski definition) is 3. The second kappa shape index (κ2) is 6.54. The number of esters is 1. The third kappa shape index (κ3) is 2.74. The summed E-state index contributed by atoms with van der Waals surface area (Å²) in [5.41, 5.74) is 2.41. The van der Waals surface area contributed by atoms with E-state index in [9.17, 15) is 9.59 Å². The van der Waals surface area contributed by atoms with E-state index in [1.54, 1.807) is 23.8 Å². The van der Waals surface area contributed by atoms with Gasteiger partial charge in [-0.1, -0.05) is 48.5 Å². The van der Waals surface area contributed by atoms with E-state index in [1.807, 2.05) is 48.5 Å². The Bertz CT molecular complexity index is 985. The van der Waals surface area contributed by atoms with Crippen LogP contribution in [0.3, 0.4) is 0 Å². The Morgan fingerprint density at radius 3 is 2.29 bits per heavy atom. The normalized spacial score (nSPS) is 11.1. The zero-order chi connectivity index (χ0) is 17.1. The number of ether oxygens (including phenoxy) is 1. The van der Waals surface area contributed by atoms with Crippen molar-refractivity contribution in [1.82, 2.24) is 4.57 Å². The molecule has 24 heavy (non-hydrogen) atoms. The fourth-order valence-corrected chi connectivity index (χ4v) is 2.83. The van der Waals surface area contributed by atoms with Crippen molar-refractivity contribution < 1.29 is 9.53 Å². The number of rotatable bonds is 3. The van der Waals surface area contributed by atoms with E-state index in [1.165, 1.54) is 13.2 Å². The lowest BCUT2D eigenvalue weighted by Gasteiger charge is -2.15. The number of hydrogen-bond donors (Lipinski definition) is 0. The topological polar surface area (TPSA) is 48.3 Å². The fraction of sp³-hybridized carbons (Fsp3) is 0.100. The lowest BCUT2D eigenvalue weighted by Crippen LogP contribution is -2.20. The van der Waals surface area contributed by atoms with Gasteiger partial charge in [-0.15, -0.1) is 0 Å². The molecule has 0 saturated heterocycles. The molecule has 0 N–H and O–H groups in total. The summed E-state index contributed by atoms with van der Waals surface area (Å²) >= 11 is 0. The summed E-state index contributed by atoms with van der Waals surface area (Å²) in [6, 6.07) is 17.0. The molecule has 120 valence electrons. The SMILES string of the molecule is COC(=O)/C=C/c1c(-c2ccccc2)n(C)c(=O)c2ccccc12. The highest BCUT2D eigenvalue weighted by Gasteiger charge is 2.14. The Balaban J connectivity index is 2.40. The smallest absolute Gasteiger partial charge is 0.330 e. The number of pyridine rings is 1. The average molecular weight is 319 g/mol. The summed E-state index contributed by atoms with van der Waals surface area (Å²) in [5.74, 6) is -0.438. The van der Waals surface area contributed by atoms with Gasteiger partial charge in [-0.2, -0.15) is 0 Å². The number of benzene rings is 2. The van der Waals surface area contributed by atoms with Crippen LogP contribution >= 0.6 is 0 Å². The van der Waals surface area contributed by atoms with Crippen LogP contribution in [0, 0.1) is 0 Å². The minimum Gasteiger partial charge on any atom is -0.466 e. The van der Waals surface area contributed by atoms with Crippen molar-refractivity contribution in [2.24, 2.45) is 7.05 Å². The molecule has 0 aliphatic rings. The quantitative estimate of drug-likeness (QED) is 0.549. The summed E-state index contributed by atoms with van der Waals surface area (Å²) in [7, 11) is 3.08. The molecular formula is C20H17NO3. The van der Waals surface area contributed by atoms with Gasteiger partial charge in [-0.05, 0) is 23.1 Å². The van der Waals surface area contributed by atoms with Gasteiger partial charge in [-0.3, -0.25) is 4.79 Å². The second-order valence-corrected chi connectivity index (χ2v) is 5.39. The summed E-state index contributed by atoms with van der Waals surface area (Å²) in [5, 5.41) is 1.42. The highest BCUT2D eigenvalue weighted by atomic mass is 16.5. The van der Waals surface area contributed by atoms with Gasteiger partial charge in [0.1, 0.15) is 0 Å². The molecule has 0 aliphatic carbocycles. The molecule has 0 fully saturated rings. The van der Waals surface area contributed by atoms with Gasteiger partial charge in [0.25, 0.3) is 5.56 Å². The molecule has 4 heteroatoms. The Morgan fingerprint density at radius 2 is 1.62 bits per heavy atom. The Morgan fingerprint density at radius 1 is 1.00 bits per heavy atom. The summed E-state index contributed by atoms with van der Waals surface area (Å²) in [6.07, 6.45) is 3.08. The minimum atomic E-state index is -0.438. The molecule has 4 nitrogen and oxygen atoms in total. The number of nitrogens with zero attached hydrogens (tertiary/aromatic N) is 1. The van der Waals surface area contributed by atoms with E-state index in [-0.39, 0.29) is 5.56 Å². The van der Waals surface area contributed by atoms with Crippen LogP contribution in [0.15, 0.2) is 65.5 Å². The second-order valence-electron chi connectivity index (χ2n) is 5.39. The van der Waals surface area contributed by atoms with Crippen LogP contribution in [0.25, 0.3) is 28.1 Å². The van der Waals surface area contributed by atoms with Crippen molar-refractivity contribution in [2.45, 2.75) is 0 Å². The molecule has 1 aromatic heterocycles. The monoisotopic (exact) mass is 319 g/mol. The minimum absolute atomic E-state index is 0.0697. The molecule has 0 radical (unpaired) electrons. The summed E-state index contributed by atoms with van der Waals surface area (Å²) in [6.45, 7) is 0. The predicted molar refractivity (Wildman–Crippen MR) is 95.7 cm³/mol. The number of aromatic nitrogens is 1. The summed E-state index contributed by atoms with van der Waals surface area (Å²) < 4.78 is 6.31. The van der Waals surface area contributed by atoms with Gasteiger partial charge < -0.3 is 9.30 Å². The molecule has 0 aliphatic heterocycles. The van der Waals surface area contributed by atoms with E-state index >= 15 is 0 Å². The molecule has 0 amide bonds. The maximum absolute atomic E-state index is 12.7. The van der Waals surface area contributed by atoms with Gasteiger partial charge in [-0.25, -0.2) is 4.79 Å². The zero-order valence-corrected chi connectivity index (χ0v) is 13.5. The van der Waals surface area contributed by atoms with Crippen molar-refractivity contribution >= 4 is 22.8 Å². The Hall–Kier alpha value is -3.14. The van der Waals surface area contributed by atoms with Crippen LogP contribution < -0.4 is 5.56 Å². The van der Waals surface area contributed by atoms with Crippen LogP contribution in [0.2, 0.25) is 0 Å². The van der Waals surface area contributed by atoms with Gasteiger partial charge in [0, 0.05) is 24.1 Å². The van der Waals surface area contributed by atoms with E-state index in [0.717, 1.165) is 22.2 Å². The van der Waals surface area contributed by atoms with Crippen molar-refractivity contribution in [3.05, 3.63) is 76.6 Å². The molecule has 2 aromatic carbocycles. The molecule has 1 heterocycles. The molecule has 0 atom stereocenters. The van der Waals surface area contributed by atoms with Gasteiger partial charge >= 0.3 is 5.97 Å². The summed E-state index contributed by atoms with van der Waals surface area (Å²) in [4.78, 5) is 24.3. The lowest BCUT2D eigenvalue weighted by molar-refractivity contribution is -0.134. The number of fused-ring (bicyclic) bond motifs is 1. The molecule has 3 rings (SSSR count). The predicted octanol–water partition coefficient (Wildman–Crippen LogP) is 3.39. The van der Waals surface area contributed by atoms with Crippen molar-refractivity contribution in [1.29, 1.82) is 0 Å². The van der Waals surface area contributed by atoms with Gasteiger partial charge in [0.15, 0.2) is 0 Å². The molecule has 0 spiro atoms. The number of methoxy groups -OCH3 is 1. The first-order valence-corrected chi connectivity index (χ1v) is 7.56. The molecule has 3 aromatic rings. The van der Waals surface area contributed by atoms with Crippen molar-refractivity contribution in [2.75, 3.05) is 7.11 Å². The highest BCUT2D eigenvalue weighted by molar-refractivity contribution is 5.98. The fourth-order valence-electron chi connectivity index (χ4n) is 2.83. The van der Waals surface area contributed by atoms with E-state index in [2.05, 4.69) is 4.74 Å². The molecule has 0 saturated carbocycles.